The van der Waals surface area contributed by atoms with Crippen molar-refractivity contribution in [2.75, 3.05) is 40.6 Å². The maximum Gasteiger partial charge on any atom is 0.302 e. The van der Waals surface area contributed by atoms with Crippen LogP contribution in [0.2, 0.25) is 0 Å². The molecule has 0 radical (unpaired) electrons. The van der Waals surface area contributed by atoms with Crippen molar-refractivity contribution in [1.29, 1.82) is 0 Å². The SMILES string of the molecule is COCC1=NC2C(O[C@H](CO)[C@@H](O)[C@@H]2O)S1.COCC1=NC2C(O[C@H](COC(C)=O)[C@@H](C)[C@@H]2C)S1. The third-order valence-corrected chi connectivity index (χ3v) is 8.70. The van der Waals surface area contributed by atoms with Crippen molar-refractivity contribution >= 4 is 39.6 Å². The van der Waals surface area contributed by atoms with E-state index in [-0.39, 0.29) is 35.6 Å². The van der Waals surface area contributed by atoms with Crippen LogP contribution in [0.1, 0.15) is 20.8 Å². The van der Waals surface area contributed by atoms with Crippen LogP contribution in [-0.2, 0) is 28.5 Å². The zero-order chi connectivity index (χ0) is 25.7. The predicted octanol–water partition coefficient (Wildman–Crippen LogP) is 0.293. The minimum absolute atomic E-state index is 0.0249. The second-order valence-corrected chi connectivity index (χ2v) is 11.2. The molecule has 4 rings (SSSR count). The summed E-state index contributed by atoms with van der Waals surface area (Å²) in [5.74, 6) is 0.453. The van der Waals surface area contributed by atoms with Crippen LogP contribution in [0.25, 0.3) is 0 Å². The van der Waals surface area contributed by atoms with E-state index in [1.165, 1.54) is 18.7 Å². The molecule has 2 saturated heterocycles. The van der Waals surface area contributed by atoms with Gasteiger partial charge in [0.2, 0.25) is 0 Å². The van der Waals surface area contributed by atoms with Crippen molar-refractivity contribution < 1.29 is 43.8 Å². The maximum atomic E-state index is 10.9. The first-order valence-corrected chi connectivity index (χ1v) is 13.3. The van der Waals surface area contributed by atoms with Gasteiger partial charge in [-0.2, -0.15) is 0 Å². The Hall–Kier alpha value is -0.770. The number of aliphatic hydroxyl groups is 3. The minimum atomic E-state index is -1.10. The lowest BCUT2D eigenvalue weighted by molar-refractivity contribution is -0.164. The van der Waals surface area contributed by atoms with Crippen LogP contribution in [0.4, 0.5) is 0 Å². The molecule has 4 unspecified atom stereocenters. The van der Waals surface area contributed by atoms with Crippen LogP contribution in [-0.4, -0.2) is 119 Å². The zero-order valence-electron chi connectivity index (χ0n) is 20.6. The molecule has 200 valence electrons. The summed E-state index contributed by atoms with van der Waals surface area (Å²) in [4.78, 5) is 19.8. The van der Waals surface area contributed by atoms with Crippen molar-refractivity contribution in [2.45, 2.75) is 68.1 Å². The molecule has 3 N–H and O–H groups in total. The minimum Gasteiger partial charge on any atom is -0.463 e. The summed E-state index contributed by atoms with van der Waals surface area (Å²) in [6.45, 7) is 6.65. The van der Waals surface area contributed by atoms with E-state index in [1.807, 2.05) is 0 Å². The fourth-order valence-corrected chi connectivity index (χ4v) is 6.77. The number of rotatable bonds is 7. The van der Waals surface area contributed by atoms with Gasteiger partial charge in [0, 0.05) is 21.1 Å². The molecule has 0 aliphatic carbocycles. The molecule has 0 aromatic heterocycles. The smallest absolute Gasteiger partial charge is 0.302 e. The number of esters is 1. The number of carbonyl (C=O) groups excluding carboxylic acids is 1. The molecule has 0 aromatic rings. The lowest BCUT2D eigenvalue weighted by atomic mass is 9.83. The first-order valence-electron chi connectivity index (χ1n) is 11.6. The lowest BCUT2D eigenvalue weighted by Gasteiger charge is -2.40. The monoisotopic (exact) mass is 536 g/mol. The highest BCUT2D eigenvalue weighted by Gasteiger charge is 2.48. The lowest BCUT2D eigenvalue weighted by Crippen LogP contribution is -2.55. The first-order chi connectivity index (χ1) is 16.7. The largest absolute Gasteiger partial charge is 0.463 e. The summed E-state index contributed by atoms with van der Waals surface area (Å²) >= 11 is 2.99. The molecule has 10 atom stereocenters. The molecule has 13 heteroatoms. The average molecular weight is 537 g/mol. The van der Waals surface area contributed by atoms with E-state index < -0.39 is 24.4 Å². The van der Waals surface area contributed by atoms with Gasteiger partial charge in [-0.15, -0.1) is 0 Å². The Morgan fingerprint density at radius 3 is 2.00 bits per heavy atom. The summed E-state index contributed by atoms with van der Waals surface area (Å²) in [6.07, 6.45) is -2.90. The fourth-order valence-electron chi connectivity index (χ4n) is 4.29. The van der Waals surface area contributed by atoms with Crippen LogP contribution >= 0.6 is 23.5 Å². The van der Waals surface area contributed by atoms with Gasteiger partial charge >= 0.3 is 5.97 Å². The second-order valence-electron chi connectivity index (χ2n) is 8.90. The Balaban J connectivity index is 0.000000198. The quantitative estimate of drug-likeness (QED) is 0.386. The fraction of sp³-hybridized carbons (Fsp3) is 0.864. The Bertz CT molecular complexity index is 786. The van der Waals surface area contributed by atoms with Crippen LogP contribution in [0.3, 0.4) is 0 Å². The molecular formula is C22H36N2O9S2. The third kappa shape index (κ3) is 6.96. The van der Waals surface area contributed by atoms with Crippen molar-refractivity contribution in [3.8, 4) is 0 Å². The molecule has 11 nitrogen and oxygen atoms in total. The molecule has 0 saturated carbocycles. The molecule has 0 amide bonds. The topological polar surface area (TPSA) is 149 Å². The van der Waals surface area contributed by atoms with Crippen molar-refractivity contribution in [3.63, 3.8) is 0 Å². The van der Waals surface area contributed by atoms with Gasteiger partial charge in [-0.05, 0) is 11.8 Å². The number of nitrogens with zero attached hydrogens (tertiary/aromatic N) is 2. The van der Waals surface area contributed by atoms with E-state index in [0.29, 0.717) is 31.7 Å². The number of aliphatic imine (C=N–C) groups is 2. The van der Waals surface area contributed by atoms with Gasteiger partial charge in [-0.25, -0.2) is 0 Å². The Kier molecular flexibility index (Phi) is 10.8. The summed E-state index contributed by atoms with van der Waals surface area (Å²) < 4.78 is 26.6. The summed E-state index contributed by atoms with van der Waals surface area (Å²) in [5.41, 5.74) is -0.322. The van der Waals surface area contributed by atoms with Crippen LogP contribution in [0.5, 0.6) is 0 Å². The number of ether oxygens (including phenoxy) is 5. The summed E-state index contributed by atoms with van der Waals surface area (Å²) in [5, 5.41) is 30.2. The molecule has 4 heterocycles. The van der Waals surface area contributed by atoms with Gasteiger partial charge in [0.15, 0.2) is 0 Å². The van der Waals surface area contributed by atoms with E-state index >= 15 is 0 Å². The number of aliphatic hydroxyl groups excluding tert-OH is 3. The molecule has 4 aliphatic heterocycles. The number of hydrogen-bond donors (Lipinski definition) is 3. The number of methoxy groups -OCH3 is 2. The van der Waals surface area contributed by atoms with E-state index in [1.54, 1.807) is 26.0 Å². The molecule has 0 aromatic carbocycles. The second kappa shape index (κ2) is 13.2. The van der Waals surface area contributed by atoms with Crippen molar-refractivity contribution in [2.24, 2.45) is 21.8 Å². The van der Waals surface area contributed by atoms with Gasteiger partial charge in [-0.1, -0.05) is 37.4 Å². The number of hydrogen-bond acceptors (Lipinski definition) is 13. The van der Waals surface area contributed by atoms with Crippen LogP contribution < -0.4 is 0 Å². The Morgan fingerprint density at radius 2 is 1.46 bits per heavy atom. The van der Waals surface area contributed by atoms with Gasteiger partial charge in [-0.3, -0.25) is 14.8 Å². The van der Waals surface area contributed by atoms with E-state index in [2.05, 4.69) is 23.8 Å². The zero-order valence-corrected chi connectivity index (χ0v) is 22.2. The van der Waals surface area contributed by atoms with Crippen molar-refractivity contribution in [1.82, 2.24) is 0 Å². The van der Waals surface area contributed by atoms with Crippen LogP contribution in [0.15, 0.2) is 9.98 Å². The van der Waals surface area contributed by atoms with Crippen molar-refractivity contribution in [3.05, 3.63) is 0 Å². The maximum absolute atomic E-state index is 10.9. The number of fused-ring (bicyclic) bond motifs is 2. The third-order valence-electron chi connectivity index (χ3n) is 6.47. The van der Waals surface area contributed by atoms with Gasteiger partial charge in [0.25, 0.3) is 0 Å². The number of carbonyl (C=O) groups is 1. The Labute approximate surface area is 214 Å². The van der Waals surface area contributed by atoms with E-state index in [0.717, 1.165) is 10.1 Å². The molecule has 0 spiro atoms. The van der Waals surface area contributed by atoms with Gasteiger partial charge in [0.1, 0.15) is 41.8 Å². The van der Waals surface area contributed by atoms with Gasteiger partial charge in [0.05, 0.1) is 42.1 Å². The highest BCUT2D eigenvalue weighted by molar-refractivity contribution is 8.15. The van der Waals surface area contributed by atoms with E-state index in [9.17, 15) is 15.0 Å². The first kappa shape index (κ1) is 28.8. The molecule has 35 heavy (non-hydrogen) atoms. The van der Waals surface area contributed by atoms with Crippen LogP contribution in [0, 0.1) is 11.8 Å². The van der Waals surface area contributed by atoms with E-state index in [4.69, 9.17) is 28.8 Å². The molecular weight excluding hydrogens is 500 g/mol. The standard InChI is InChI=1S/C13H21NO4S.C9H15NO5S/c1-7-8(2)12-13(19-11(14-12)6-16-4)18-10(7)5-17-9(3)15;1-14-3-5-10-6-8(13)7(12)4(2-11)15-9(6)16-5/h7-8,10,12-13H,5-6H2,1-4H3;4,6-9,11-13H,2-3H2,1H3/t7-,8-,10+,12?,13?;4-,6?,7-,8-,9?/m01/s1. The highest BCUT2D eigenvalue weighted by Crippen LogP contribution is 2.42. The summed E-state index contributed by atoms with van der Waals surface area (Å²) in [6, 6.07) is -0.299. The normalized spacial score (nSPS) is 40.1. The highest BCUT2D eigenvalue weighted by atomic mass is 32.2. The molecule has 0 bridgehead atoms. The van der Waals surface area contributed by atoms with Gasteiger partial charge < -0.3 is 39.0 Å². The average Bonchev–Trinajstić information content (AvgIpc) is 3.42. The predicted molar refractivity (Wildman–Crippen MR) is 133 cm³/mol. The Morgan fingerprint density at radius 1 is 0.914 bits per heavy atom. The molecule has 4 aliphatic rings. The molecule has 2 fully saturated rings. The summed E-state index contributed by atoms with van der Waals surface area (Å²) in [7, 11) is 3.23. The number of thioether (sulfide) groups is 2.